The number of carbonyl (C=O) groups is 1. The Balaban J connectivity index is 1.48. The standard InChI is InChI=1S/C34H30BrF3N2O5/c35-27-13-7-23(8-14-27)21-33(32(42)39-22-24-9-15-29(16-10-24)45-34(36,37)38)30(25-5-2-1-3-6-25)44-31(40-33)26-11-17-28(18-12-26)43-20-4-19-41/h1-3,5-18,30,41H,4,19-22H2,(H,39,42)/t30-,33-/m1/s1. The van der Waals surface area contributed by atoms with Gasteiger partial charge >= 0.3 is 6.36 Å². The molecule has 0 radical (unpaired) electrons. The van der Waals surface area contributed by atoms with Gasteiger partial charge in [-0.25, -0.2) is 4.99 Å². The number of ether oxygens (including phenoxy) is 3. The lowest BCUT2D eigenvalue weighted by molar-refractivity contribution is -0.274. The van der Waals surface area contributed by atoms with Gasteiger partial charge in [-0.2, -0.15) is 0 Å². The van der Waals surface area contributed by atoms with Gasteiger partial charge in [0.1, 0.15) is 11.5 Å². The van der Waals surface area contributed by atoms with E-state index in [0.29, 0.717) is 29.9 Å². The summed E-state index contributed by atoms with van der Waals surface area (Å²) in [5.41, 5.74) is 1.40. The van der Waals surface area contributed by atoms with Crippen molar-refractivity contribution in [3.8, 4) is 11.5 Å². The van der Waals surface area contributed by atoms with Crippen LogP contribution >= 0.6 is 15.9 Å². The summed E-state index contributed by atoms with van der Waals surface area (Å²) in [6.45, 7) is 0.446. The molecule has 7 nitrogen and oxygen atoms in total. The highest BCUT2D eigenvalue weighted by Crippen LogP contribution is 2.42. The molecule has 1 amide bonds. The van der Waals surface area contributed by atoms with Gasteiger partial charge in [-0.3, -0.25) is 4.79 Å². The highest BCUT2D eigenvalue weighted by molar-refractivity contribution is 9.10. The molecule has 0 spiro atoms. The normalized spacial score (nSPS) is 17.7. The Bertz CT molecular complexity index is 1600. The van der Waals surface area contributed by atoms with Crippen molar-refractivity contribution in [3.63, 3.8) is 0 Å². The number of hydrogen-bond acceptors (Lipinski definition) is 6. The fourth-order valence-electron chi connectivity index (χ4n) is 4.97. The highest BCUT2D eigenvalue weighted by atomic mass is 79.9. The number of nitrogens with zero attached hydrogens (tertiary/aromatic N) is 1. The minimum absolute atomic E-state index is 0.0316. The first kappa shape index (κ1) is 32.1. The van der Waals surface area contributed by atoms with Crippen LogP contribution in [0.1, 0.15) is 34.8 Å². The van der Waals surface area contributed by atoms with Gasteiger partial charge in [0.15, 0.2) is 11.6 Å². The number of amides is 1. The van der Waals surface area contributed by atoms with Crippen LogP contribution in [0.4, 0.5) is 13.2 Å². The number of aliphatic hydroxyl groups excluding tert-OH is 1. The van der Waals surface area contributed by atoms with E-state index in [-0.39, 0.29) is 31.2 Å². The second-order valence-corrected chi connectivity index (χ2v) is 11.3. The number of rotatable bonds is 12. The molecule has 4 aromatic rings. The van der Waals surface area contributed by atoms with Gasteiger partial charge in [-0.15, -0.1) is 13.2 Å². The first-order valence-electron chi connectivity index (χ1n) is 14.2. The summed E-state index contributed by atoms with van der Waals surface area (Å²) >= 11 is 3.46. The largest absolute Gasteiger partial charge is 0.573 e. The maximum absolute atomic E-state index is 14.3. The van der Waals surface area contributed by atoms with E-state index >= 15 is 0 Å². The lowest BCUT2D eigenvalue weighted by atomic mass is 9.82. The van der Waals surface area contributed by atoms with Crippen molar-refractivity contribution in [2.45, 2.75) is 37.4 Å². The van der Waals surface area contributed by atoms with Crippen molar-refractivity contribution < 1.29 is 37.3 Å². The molecule has 1 heterocycles. The molecule has 2 N–H and O–H groups in total. The number of aliphatic hydroxyl groups is 1. The van der Waals surface area contributed by atoms with Gasteiger partial charge in [0.2, 0.25) is 5.90 Å². The molecular weight excluding hydrogens is 653 g/mol. The monoisotopic (exact) mass is 682 g/mol. The van der Waals surface area contributed by atoms with Gasteiger partial charge in [-0.1, -0.05) is 70.5 Å². The van der Waals surface area contributed by atoms with Gasteiger partial charge < -0.3 is 24.6 Å². The number of nitrogens with one attached hydrogen (secondary N) is 1. The molecular formula is C34H30BrF3N2O5. The Labute approximate surface area is 266 Å². The van der Waals surface area contributed by atoms with Crippen LogP contribution in [0.3, 0.4) is 0 Å². The van der Waals surface area contributed by atoms with Crippen LogP contribution in [0.15, 0.2) is 113 Å². The van der Waals surface area contributed by atoms with Crippen LogP contribution in [-0.2, 0) is 22.5 Å². The third kappa shape index (κ3) is 8.23. The number of aliphatic imine (C=N–C) groups is 1. The molecule has 0 bridgehead atoms. The molecule has 4 aromatic carbocycles. The highest BCUT2D eigenvalue weighted by Gasteiger charge is 2.53. The van der Waals surface area contributed by atoms with E-state index in [2.05, 4.69) is 26.0 Å². The Morgan fingerprint density at radius 1 is 0.911 bits per heavy atom. The third-order valence-electron chi connectivity index (χ3n) is 7.13. The molecule has 0 unspecified atom stereocenters. The lowest BCUT2D eigenvalue weighted by Crippen LogP contribution is -2.49. The number of hydrogen-bond donors (Lipinski definition) is 2. The predicted octanol–water partition coefficient (Wildman–Crippen LogP) is 6.92. The molecule has 0 fully saturated rings. The van der Waals surface area contributed by atoms with Crippen LogP contribution in [0.25, 0.3) is 0 Å². The zero-order chi connectivity index (χ0) is 31.9. The lowest BCUT2D eigenvalue weighted by Gasteiger charge is -2.31. The number of carbonyl (C=O) groups excluding carboxylic acids is 1. The molecule has 1 aliphatic rings. The minimum Gasteiger partial charge on any atom is -0.494 e. The Morgan fingerprint density at radius 3 is 2.20 bits per heavy atom. The van der Waals surface area contributed by atoms with Crippen molar-refractivity contribution >= 4 is 27.7 Å². The molecule has 234 valence electrons. The molecule has 0 saturated carbocycles. The SMILES string of the molecule is O=C(NCc1ccc(OC(F)(F)F)cc1)[C@]1(Cc2ccc(Br)cc2)N=C(c2ccc(OCCCO)cc2)O[C@@H]1c1ccccc1. The molecule has 0 saturated heterocycles. The van der Waals surface area contributed by atoms with E-state index in [0.717, 1.165) is 15.6 Å². The summed E-state index contributed by atoms with van der Waals surface area (Å²) in [5.74, 6) is 0.146. The Morgan fingerprint density at radius 2 is 1.56 bits per heavy atom. The fraction of sp³-hybridized carbons (Fsp3) is 0.235. The van der Waals surface area contributed by atoms with Crippen LogP contribution in [0, 0.1) is 0 Å². The van der Waals surface area contributed by atoms with Crippen molar-refractivity contribution in [3.05, 3.63) is 130 Å². The number of alkyl halides is 3. The molecule has 0 aromatic heterocycles. The second-order valence-electron chi connectivity index (χ2n) is 10.4. The van der Waals surface area contributed by atoms with E-state index in [9.17, 15) is 18.0 Å². The predicted molar refractivity (Wildman–Crippen MR) is 166 cm³/mol. The molecule has 2 atom stereocenters. The first-order chi connectivity index (χ1) is 21.6. The first-order valence-corrected chi connectivity index (χ1v) is 15.0. The summed E-state index contributed by atoms with van der Waals surface area (Å²) < 4.78 is 54.8. The van der Waals surface area contributed by atoms with Crippen molar-refractivity contribution in [1.82, 2.24) is 5.32 Å². The van der Waals surface area contributed by atoms with Crippen LogP contribution < -0.4 is 14.8 Å². The average Bonchev–Trinajstić information content (AvgIpc) is 3.42. The van der Waals surface area contributed by atoms with E-state index in [1.165, 1.54) is 24.3 Å². The van der Waals surface area contributed by atoms with Crippen molar-refractivity contribution in [1.29, 1.82) is 0 Å². The average molecular weight is 684 g/mol. The minimum atomic E-state index is -4.80. The van der Waals surface area contributed by atoms with Gasteiger partial charge in [0, 0.05) is 36.0 Å². The maximum atomic E-state index is 14.3. The van der Waals surface area contributed by atoms with Crippen molar-refractivity contribution in [2.24, 2.45) is 4.99 Å². The zero-order valence-corrected chi connectivity index (χ0v) is 25.6. The van der Waals surface area contributed by atoms with Crippen LogP contribution in [0.2, 0.25) is 0 Å². The molecule has 1 aliphatic heterocycles. The molecule has 45 heavy (non-hydrogen) atoms. The Hall–Kier alpha value is -4.35. The van der Waals surface area contributed by atoms with E-state index in [1.54, 1.807) is 24.3 Å². The second kappa shape index (κ2) is 14.2. The van der Waals surface area contributed by atoms with Gasteiger partial charge in [-0.05, 0) is 65.2 Å². The Kier molecular flexibility index (Phi) is 10.1. The van der Waals surface area contributed by atoms with Gasteiger partial charge in [0.05, 0.1) is 6.61 Å². The van der Waals surface area contributed by atoms with Crippen LogP contribution in [0.5, 0.6) is 11.5 Å². The molecule has 5 rings (SSSR count). The quantitative estimate of drug-likeness (QED) is 0.158. The fourth-order valence-corrected chi connectivity index (χ4v) is 5.23. The van der Waals surface area contributed by atoms with Crippen LogP contribution in [-0.4, -0.2) is 42.0 Å². The molecule has 0 aliphatic carbocycles. The maximum Gasteiger partial charge on any atom is 0.573 e. The summed E-state index contributed by atoms with van der Waals surface area (Å²) in [6.07, 6.45) is -4.88. The van der Waals surface area contributed by atoms with E-state index in [1.807, 2.05) is 54.6 Å². The summed E-state index contributed by atoms with van der Waals surface area (Å²) in [4.78, 5) is 19.3. The molecule has 11 heteroatoms. The zero-order valence-electron chi connectivity index (χ0n) is 24.0. The smallest absolute Gasteiger partial charge is 0.494 e. The topological polar surface area (TPSA) is 89.4 Å². The summed E-state index contributed by atoms with van der Waals surface area (Å²) in [6, 6.07) is 29.4. The number of benzene rings is 4. The number of halogens is 4. The van der Waals surface area contributed by atoms with Crippen molar-refractivity contribution in [2.75, 3.05) is 13.2 Å². The van der Waals surface area contributed by atoms with E-state index < -0.39 is 23.9 Å². The summed E-state index contributed by atoms with van der Waals surface area (Å²) in [7, 11) is 0. The van der Waals surface area contributed by atoms with Gasteiger partial charge in [0.25, 0.3) is 5.91 Å². The summed E-state index contributed by atoms with van der Waals surface area (Å²) in [5, 5.41) is 12.0. The third-order valence-corrected chi connectivity index (χ3v) is 7.66. The van der Waals surface area contributed by atoms with E-state index in [4.69, 9.17) is 19.6 Å².